The average Bonchev–Trinajstić information content (AvgIpc) is 2.68. The van der Waals surface area contributed by atoms with E-state index < -0.39 is 0 Å². The number of benzene rings is 2. The Hall–Kier alpha value is -2.72. The molecule has 0 radical (unpaired) electrons. The first-order chi connectivity index (χ1) is 12.3. The third-order valence-corrected chi connectivity index (χ3v) is 3.63. The maximum Gasteiger partial charge on any atom is 0.147 e. The van der Waals surface area contributed by atoms with Gasteiger partial charge in [-0.2, -0.15) is 0 Å². The first-order valence-corrected chi connectivity index (χ1v) is 8.54. The van der Waals surface area contributed by atoms with E-state index in [0.29, 0.717) is 6.61 Å². The second kappa shape index (κ2) is 8.94. The lowest BCUT2D eigenvalue weighted by Crippen LogP contribution is -2.28. The molecule has 0 amide bonds. The van der Waals surface area contributed by atoms with Crippen LogP contribution < -0.4 is 14.8 Å². The Morgan fingerprint density at radius 1 is 0.960 bits per heavy atom. The average molecular weight is 337 g/mol. The van der Waals surface area contributed by atoms with E-state index in [-0.39, 0.29) is 6.23 Å². The number of hydrogen-bond acceptors (Lipinski definition) is 4. The van der Waals surface area contributed by atoms with Crippen LogP contribution in [0.1, 0.15) is 18.9 Å². The first-order valence-electron chi connectivity index (χ1n) is 8.54. The van der Waals surface area contributed by atoms with Crippen LogP contribution in [-0.4, -0.2) is 12.8 Å². The molecule has 1 N–H and O–H groups in total. The van der Waals surface area contributed by atoms with Gasteiger partial charge in [0.25, 0.3) is 0 Å². The minimum absolute atomic E-state index is 0.155. The van der Waals surface area contributed by atoms with Crippen LogP contribution in [0.4, 0.5) is 0 Å². The molecule has 1 atom stereocenters. The Kier molecular flexibility index (Phi) is 6.12. The normalized spacial score (nSPS) is 16.0. The lowest BCUT2D eigenvalue weighted by atomic mass is 10.2. The number of hydrogen-bond donors (Lipinski definition) is 1. The molecule has 2 aromatic rings. The largest absolute Gasteiger partial charge is 0.494 e. The molecule has 0 fully saturated rings. The molecule has 1 aliphatic rings. The number of ether oxygens (including phenoxy) is 3. The zero-order chi connectivity index (χ0) is 17.3. The Morgan fingerprint density at radius 2 is 1.72 bits per heavy atom. The molecule has 0 spiro atoms. The Morgan fingerprint density at radius 3 is 2.40 bits per heavy atom. The van der Waals surface area contributed by atoms with Crippen LogP contribution in [0, 0.1) is 0 Å². The second-order valence-corrected chi connectivity index (χ2v) is 5.71. The molecule has 0 saturated heterocycles. The van der Waals surface area contributed by atoms with Crippen molar-refractivity contribution in [3.8, 4) is 11.5 Å². The van der Waals surface area contributed by atoms with Crippen molar-refractivity contribution in [2.75, 3.05) is 6.61 Å². The highest BCUT2D eigenvalue weighted by Gasteiger charge is 2.09. The topological polar surface area (TPSA) is 39.7 Å². The van der Waals surface area contributed by atoms with Crippen molar-refractivity contribution < 1.29 is 14.2 Å². The first kappa shape index (κ1) is 17.1. The highest BCUT2D eigenvalue weighted by molar-refractivity contribution is 5.34. The van der Waals surface area contributed by atoms with Gasteiger partial charge in [0.05, 0.1) is 13.2 Å². The molecule has 1 aliphatic heterocycles. The molecule has 0 aliphatic carbocycles. The Bertz CT molecular complexity index is 708. The van der Waals surface area contributed by atoms with E-state index in [1.54, 1.807) is 0 Å². The van der Waals surface area contributed by atoms with Gasteiger partial charge in [0.1, 0.15) is 23.5 Å². The summed E-state index contributed by atoms with van der Waals surface area (Å²) in [5.74, 6) is 2.36. The fourth-order valence-electron chi connectivity index (χ4n) is 2.34. The van der Waals surface area contributed by atoms with E-state index in [0.717, 1.165) is 35.8 Å². The summed E-state index contributed by atoms with van der Waals surface area (Å²) < 4.78 is 17.2. The van der Waals surface area contributed by atoms with Crippen molar-refractivity contribution in [2.45, 2.75) is 26.2 Å². The zero-order valence-electron chi connectivity index (χ0n) is 14.4. The van der Waals surface area contributed by atoms with E-state index in [1.807, 2.05) is 72.9 Å². The van der Waals surface area contributed by atoms with Crippen LogP contribution in [0.2, 0.25) is 0 Å². The molecular weight excluding hydrogens is 314 g/mol. The van der Waals surface area contributed by atoms with E-state index >= 15 is 0 Å². The van der Waals surface area contributed by atoms with Crippen LogP contribution in [0.5, 0.6) is 11.5 Å². The summed E-state index contributed by atoms with van der Waals surface area (Å²) >= 11 is 0. The summed E-state index contributed by atoms with van der Waals surface area (Å²) in [4.78, 5) is 0. The molecule has 2 aromatic carbocycles. The molecule has 0 saturated carbocycles. The maximum atomic E-state index is 5.83. The molecule has 3 rings (SSSR count). The van der Waals surface area contributed by atoms with Crippen molar-refractivity contribution in [1.82, 2.24) is 5.32 Å². The van der Waals surface area contributed by atoms with Crippen LogP contribution in [0.3, 0.4) is 0 Å². The van der Waals surface area contributed by atoms with Crippen molar-refractivity contribution in [3.05, 3.63) is 84.3 Å². The molecule has 25 heavy (non-hydrogen) atoms. The quantitative estimate of drug-likeness (QED) is 0.775. The van der Waals surface area contributed by atoms with Crippen LogP contribution >= 0.6 is 0 Å². The fraction of sp³-hybridized carbons (Fsp3) is 0.238. The molecule has 0 aromatic heterocycles. The predicted molar refractivity (Wildman–Crippen MR) is 98.2 cm³/mol. The molecule has 0 bridgehead atoms. The van der Waals surface area contributed by atoms with Gasteiger partial charge < -0.3 is 19.5 Å². The van der Waals surface area contributed by atoms with Crippen LogP contribution in [0.25, 0.3) is 0 Å². The number of dihydropyridines is 1. The van der Waals surface area contributed by atoms with E-state index in [4.69, 9.17) is 14.2 Å². The predicted octanol–water partition coefficient (Wildman–Crippen LogP) is 4.40. The summed E-state index contributed by atoms with van der Waals surface area (Å²) in [6, 6.07) is 17.7. The van der Waals surface area contributed by atoms with Gasteiger partial charge in [0.15, 0.2) is 0 Å². The molecular formula is C21H23NO3. The van der Waals surface area contributed by atoms with Crippen LogP contribution in [0.15, 0.2) is 78.7 Å². The minimum Gasteiger partial charge on any atom is -0.494 e. The number of allylic oxidation sites excluding steroid dienone is 1. The van der Waals surface area contributed by atoms with Gasteiger partial charge in [-0.3, -0.25) is 0 Å². The van der Waals surface area contributed by atoms with Gasteiger partial charge >= 0.3 is 0 Å². The van der Waals surface area contributed by atoms with Crippen molar-refractivity contribution in [1.29, 1.82) is 0 Å². The molecule has 1 heterocycles. The SMILES string of the molecule is CCCOc1ccc(OC2=CNC(OCc3ccccc3)C=C2)cc1. The summed E-state index contributed by atoms with van der Waals surface area (Å²) in [5.41, 5.74) is 1.15. The highest BCUT2D eigenvalue weighted by Crippen LogP contribution is 2.20. The van der Waals surface area contributed by atoms with E-state index in [9.17, 15) is 0 Å². The highest BCUT2D eigenvalue weighted by atomic mass is 16.5. The summed E-state index contributed by atoms with van der Waals surface area (Å²) in [6.07, 6.45) is 6.51. The number of nitrogens with one attached hydrogen (secondary N) is 1. The molecule has 130 valence electrons. The van der Waals surface area contributed by atoms with E-state index in [1.165, 1.54) is 0 Å². The summed E-state index contributed by atoms with van der Waals surface area (Å²) in [7, 11) is 0. The molecule has 1 unspecified atom stereocenters. The van der Waals surface area contributed by atoms with Crippen LogP contribution in [-0.2, 0) is 11.3 Å². The summed E-state index contributed by atoms with van der Waals surface area (Å²) in [6.45, 7) is 3.37. The summed E-state index contributed by atoms with van der Waals surface area (Å²) in [5, 5.41) is 3.18. The minimum atomic E-state index is -0.155. The zero-order valence-corrected chi connectivity index (χ0v) is 14.4. The molecule has 4 nitrogen and oxygen atoms in total. The van der Waals surface area contributed by atoms with Crippen molar-refractivity contribution in [2.24, 2.45) is 0 Å². The van der Waals surface area contributed by atoms with Gasteiger partial charge in [0.2, 0.25) is 0 Å². The van der Waals surface area contributed by atoms with Crippen molar-refractivity contribution >= 4 is 0 Å². The molecule has 4 heteroatoms. The Balaban J connectivity index is 1.46. The van der Waals surface area contributed by atoms with Crippen molar-refractivity contribution in [3.63, 3.8) is 0 Å². The standard InChI is InChI=1S/C21H23NO3/c1-2-14-23-18-8-10-19(11-9-18)25-20-12-13-21(22-15-20)24-16-17-6-4-3-5-7-17/h3-13,15,21-22H,2,14,16H2,1H3. The maximum absolute atomic E-state index is 5.83. The van der Waals surface area contributed by atoms with Gasteiger partial charge in [-0.25, -0.2) is 0 Å². The smallest absolute Gasteiger partial charge is 0.147 e. The number of rotatable bonds is 8. The third kappa shape index (κ3) is 5.40. The van der Waals surface area contributed by atoms with Gasteiger partial charge in [0, 0.05) is 6.20 Å². The Labute approximate surface area is 148 Å². The fourth-order valence-corrected chi connectivity index (χ4v) is 2.34. The third-order valence-electron chi connectivity index (χ3n) is 3.63. The van der Waals surface area contributed by atoms with Gasteiger partial charge in [-0.1, -0.05) is 37.3 Å². The lowest BCUT2D eigenvalue weighted by molar-refractivity contribution is 0.0569. The van der Waals surface area contributed by atoms with Gasteiger partial charge in [-0.15, -0.1) is 0 Å². The lowest BCUT2D eigenvalue weighted by Gasteiger charge is -2.19. The van der Waals surface area contributed by atoms with Gasteiger partial charge in [-0.05, 0) is 48.4 Å². The van der Waals surface area contributed by atoms with E-state index in [2.05, 4.69) is 12.2 Å². The monoisotopic (exact) mass is 337 g/mol. The second-order valence-electron chi connectivity index (χ2n) is 5.71.